The van der Waals surface area contributed by atoms with E-state index in [0.29, 0.717) is 10.0 Å². The van der Waals surface area contributed by atoms with Gasteiger partial charge in [-0.15, -0.1) is 0 Å². The van der Waals surface area contributed by atoms with Crippen molar-refractivity contribution in [2.75, 3.05) is 5.32 Å². The van der Waals surface area contributed by atoms with Gasteiger partial charge in [-0.3, -0.25) is 0 Å². The van der Waals surface area contributed by atoms with Crippen molar-refractivity contribution in [1.82, 2.24) is 4.98 Å². The summed E-state index contributed by atoms with van der Waals surface area (Å²) >= 11 is 12.1. The smallest absolute Gasteiger partial charge is 0.131 e. The molecule has 0 bridgehead atoms. The number of rotatable bonds is 2. The van der Waals surface area contributed by atoms with Crippen LogP contribution in [0.2, 0.25) is 10.0 Å². The van der Waals surface area contributed by atoms with Crippen LogP contribution in [0.1, 0.15) is 0 Å². The second-order valence-electron chi connectivity index (χ2n) is 4.14. The van der Waals surface area contributed by atoms with E-state index in [2.05, 4.69) is 10.3 Å². The molecule has 3 aromatic rings. The third-order valence-electron chi connectivity index (χ3n) is 2.77. The van der Waals surface area contributed by atoms with E-state index < -0.39 is 0 Å². The highest BCUT2D eigenvalue weighted by Crippen LogP contribution is 2.25. The first kappa shape index (κ1) is 12.3. The van der Waals surface area contributed by atoms with E-state index in [9.17, 15) is 0 Å². The molecule has 1 N–H and O–H groups in total. The summed E-state index contributed by atoms with van der Waals surface area (Å²) in [7, 11) is 0. The van der Waals surface area contributed by atoms with E-state index in [0.717, 1.165) is 22.4 Å². The maximum Gasteiger partial charge on any atom is 0.131 e. The van der Waals surface area contributed by atoms with Gasteiger partial charge >= 0.3 is 0 Å². The van der Waals surface area contributed by atoms with Crippen LogP contribution < -0.4 is 5.32 Å². The first-order valence-corrected chi connectivity index (χ1v) is 6.56. The van der Waals surface area contributed by atoms with E-state index in [1.54, 1.807) is 0 Å². The zero-order valence-corrected chi connectivity index (χ0v) is 11.4. The zero-order valence-electron chi connectivity index (χ0n) is 9.90. The van der Waals surface area contributed by atoms with Crippen LogP contribution in [0.4, 0.5) is 11.5 Å². The Morgan fingerprint density at radius 1 is 0.895 bits per heavy atom. The quantitative estimate of drug-likeness (QED) is 0.693. The molecule has 2 aromatic carbocycles. The summed E-state index contributed by atoms with van der Waals surface area (Å²) in [5, 5.41) is 5.56. The zero-order chi connectivity index (χ0) is 13.2. The normalized spacial score (nSPS) is 10.6. The minimum atomic E-state index is 0.646. The summed E-state index contributed by atoms with van der Waals surface area (Å²) in [5.74, 6) is 0.739. The van der Waals surface area contributed by atoms with Crippen molar-refractivity contribution in [3.63, 3.8) is 0 Å². The monoisotopic (exact) mass is 288 g/mol. The van der Waals surface area contributed by atoms with Crippen LogP contribution in [0, 0.1) is 0 Å². The number of anilines is 2. The van der Waals surface area contributed by atoms with Gasteiger partial charge < -0.3 is 5.32 Å². The number of fused-ring (bicyclic) bond motifs is 1. The molecule has 0 unspecified atom stereocenters. The molecule has 1 heterocycles. The number of nitrogens with zero attached hydrogens (tertiary/aromatic N) is 1. The molecule has 0 fully saturated rings. The molecule has 0 amide bonds. The van der Waals surface area contributed by atoms with Crippen LogP contribution >= 0.6 is 23.2 Å². The molecular weight excluding hydrogens is 279 g/mol. The summed E-state index contributed by atoms with van der Waals surface area (Å²) in [6, 6.07) is 17.1. The second-order valence-corrected chi connectivity index (χ2v) is 4.99. The predicted molar refractivity (Wildman–Crippen MR) is 81.5 cm³/mol. The number of aromatic nitrogens is 1. The standard InChI is InChI=1S/C15H10Cl2N2/c16-11-4-2-5-12(9-11)18-14-8-7-10-3-1-6-13(17)15(10)19-14/h1-9H,(H,18,19). The molecule has 0 aliphatic heterocycles. The lowest BCUT2D eigenvalue weighted by molar-refractivity contribution is 1.37. The molecule has 0 spiro atoms. The van der Waals surface area contributed by atoms with E-state index in [1.807, 2.05) is 54.6 Å². The fourth-order valence-corrected chi connectivity index (χ4v) is 2.31. The second kappa shape index (κ2) is 5.08. The highest BCUT2D eigenvalue weighted by atomic mass is 35.5. The third-order valence-corrected chi connectivity index (χ3v) is 3.31. The molecule has 0 saturated heterocycles. The summed E-state index contributed by atoms with van der Waals surface area (Å²) in [5.41, 5.74) is 1.68. The first-order chi connectivity index (χ1) is 9.22. The lowest BCUT2D eigenvalue weighted by atomic mass is 10.2. The van der Waals surface area contributed by atoms with Crippen LogP contribution in [0.25, 0.3) is 10.9 Å². The van der Waals surface area contributed by atoms with Crippen molar-refractivity contribution in [2.45, 2.75) is 0 Å². The van der Waals surface area contributed by atoms with Crippen LogP contribution in [0.15, 0.2) is 54.6 Å². The molecule has 3 rings (SSSR count). The van der Waals surface area contributed by atoms with Crippen molar-refractivity contribution in [2.24, 2.45) is 0 Å². The SMILES string of the molecule is Clc1cccc(Nc2ccc3cccc(Cl)c3n2)c1. The van der Waals surface area contributed by atoms with E-state index in [4.69, 9.17) is 23.2 Å². The van der Waals surface area contributed by atoms with Gasteiger partial charge in [0.15, 0.2) is 0 Å². The molecule has 19 heavy (non-hydrogen) atoms. The lowest BCUT2D eigenvalue weighted by Crippen LogP contribution is -1.93. The van der Waals surface area contributed by atoms with Gasteiger partial charge in [-0.25, -0.2) is 4.98 Å². The number of pyridine rings is 1. The Hall–Kier alpha value is -1.77. The van der Waals surface area contributed by atoms with Crippen molar-refractivity contribution in [1.29, 1.82) is 0 Å². The summed E-state index contributed by atoms with van der Waals surface area (Å²) in [6.45, 7) is 0. The Morgan fingerprint density at radius 2 is 1.74 bits per heavy atom. The van der Waals surface area contributed by atoms with Crippen molar-refractivity contribution in [3.8, 4) is 0 Å². The largest absolute Gasteiger partial charge is 0.340 e. The van der Waals surface area contributed by atoms with Gasteiger partial charge in [-0.2, -0.15) is 0 Å². The Kier molecular flexibility index (Phi) is 3.28. The van der Waals surface area contributed by atoms with Crippen LogP contribution in [0.5, 0.6) is 0 Å². The number of benzene rings is 2. The highest BCUT2D eigenvalue weighted by molar-refractivity contribution is 6.35. The number of para-hydroxylation sites is 1. The highest BCUT2D eigenvalue weighted by Gasteiger charge is 2.02. The van der Waals surface area contributed by atoms with Crippen LogP contribution in [0.3, 0.4) is 0 Å². The van der Waals surface area contributed by atoms with E-state index in [-0.39, 0.29) is 0 Å². The van der Waals surface area contributed by atoms with E-state index in [1.165, 1.54) is 0 Å². The Labute approximate surface area is 121 Å². The number of hydrogen-bond donors (Lipinski definition) is 1. The fraction of sp³-hybridized carbons (Fsp3) is 0. The average Bonchev–Trinajstić information content (AvgIpc) is 2.40. The third kappa shape index (κ3) is 2.65. The average molecular weight is 289 g/mol. The summed E-state index contributed by atoms with van der Waals surface area (Å²) < 4.78 is 0. The molecule has 0 radical (unpaired) electrons. The molecule has 0 aliphatic carbocycles. The van der Waals surface area contributed by atoms with Crippen LogP contribution in [-0.2, 0) is 0 Å². The minimum absolute atomic E-state index is 0.646. The Morgan fingerprint density at radius 3 is 2.58 bits per heavy atom. The molecule has 0 atom stereocenters. The molecule has 2 nitrogen and oxygen atoms in total. The summed E-state index contributed by atoms with van der Waals surface area (Å²) in [4.78, 5) is 4.51. The Bertz CT molecular complexity index is 741. The predicted octanol–water partition coefficient (Wildman–Crippen LogP) is 5.29. The molecule has 4 heteroatoms. The van der Waals surface area contributed by atoms with Gasteiger partial charge in [0.25, 0.3) is 0 Å². The van der Waals surface area contributed by atoms with Crippen molar-refractivity contribution < 1.29 is 0 Å². The van der Waals surface area contributed by atoms with Crippen molar-refractivity contribution in [3.05, 3.63) is 64.6 Å². The van der Waals surface area contributed by atoms with Gasteiger partial charge in [0, 0.05) is 16.1 Å². The number of hydrogen-bond acceptors (Lipinski definition) is 2. The van der Waals surface area contributed by atoms with Gasteiger partial charge in [0.05, 0.1) is 10.5 Å². The fourth-order valence-electron chi connectivity index (χ4n) is 1.89. The molecule has 0 saturated carbocycles. The topological polar surface area (TPSA) is 24.9 Å². The van der Waals surface area contributed by atoms with Crippen LogP contribution in [-0.4, -0.2) is 4.98 Å². The maximum absolute atomic E-state index is 6.15. The molecule has 0 aliphatic rings. The summed E-state index contributed by atoms with van der Waals surface area (Å²) in [6.07, 6.45) is 0. The molecule has 94 valence electrons. The number of nitrogens with one attached hydrogen (secondary N) is 1. The van der Waals surface area contributed by atoms with Gasteiger partial charge in [-0.1, -0.05) is 41.4 Å². The van der Waals surface area contributed by atoms with Gasteiger partial charge in [-0.05, 0) is 36.4 Å². The maximum atomic E-state index is 6.15. The Balaban J connectivity index is 2.00. The first-order valence-electron chi connectivity index (χ1n) is 5.80. The van der Waals surface area contributed by atoms with Gasteiger partial charge in [0.1, 0.15) is 5.82 Å². The molecule has 1 aromatic heterocycles. The van der Waals surface area contributed by atoms with Crippen molar-refractivity contribution >= 4 is 45.6 Å². The van der Waals surface area contributed by atoms with Gasteiger partial charge in [0.2, 0.25) is 0 Å². The molecular formula is C15H10Cl2N2. The minimum Gasteiger partial charge on any atom is -0.340 e. The number of halogens is 2. The lowest BCUT2D eigenvalue weighted by Gasteiger charge is -2.07. The van der Waals surface area contributed by atoms with E-state index >= 15 is 0 Å².